The van der Waals surface area contributed by atoms with Crippen molar-refractivity contribution >= 4 is 23.3 Å². The molecule has 0 radical (unpaired) electrons. The van der Waals surface area contributed by atoms with Crippen molar-refractivity contribution < 1.29 is 32.8 Å². The smallest absolute Gasteiger partial charge is 0.471 e. The van der Waals surface area contributed by atoms with Crippen LogP contribution in [0.25, 0.3) is 0 Å². The number of rotatable bonds is 4. The molecule has 10 heteroatoms. The normalized spacial score (nSPS) is 11.0. The van der Waals surface area contributed by atoms with Crippen molar-refractivity contribution in [3.05, 3.63) is 33.9 Å². The van der Waals surface area contributed by atoms with Crippen molar-refractivity contribution in [1.29, 1.82) is 0 Å². The molecule has 0 aliphatic heterocycles. The molecular formula is C11H9F3N2O5. The number of nitro benzene ring substituents is 1. The van der Waals surface area contributed by atoms with E-state index in [4.69, 9.17) is 5.11 Å². The summed E-state index contributed by atoms with van der Waals surface area (Å²) in [6, 6.07) is 2.29. The number of carboxylic acids is 1. The summed E-state index contributed by atoms with van der Waals surface area (Å²) in [5.74, 6) is -3.74. The van der Waals surface area contributed by atoms with Crippen LogP contribution in [0.5, 0.6) is 0 Å². The first kappa shape index (κ1) is 16.4. The largest absolute Gasteiger partial charge is 0.478 e. The van der Waals surface area contributed by atoms with E-state index in [9.17, 15) is 32.9 Å². The van der Waals surface area contributed by atoms with Crippen LogP contribution in [0.4, 0.5) is 24.5 Å². The van der Waals surface area contributed by atoms with Crippen LogP contribution in [0, 0.1) is 10.1 Å². The predicted molar refractivity (Wildman–Crippen MR) is 64.1 cm³/mol. The van der Waals surface area contributed by atoms with Gasteiger partial charge in [-0.05, 0) is 19.1 Å². The fraction of sp³-hybridized carbons (Fsp3) is 0.273. The third kappa shape index (κ3) is 3.46. The highest BCUT2D eigenvalue weighted by atomic mass is 19.4. The zero-order valence-corrected chi connectivity index (χ0v) is 10.5. The quantitative estimate of drug-likeness (QED) is 0.679. The number of carboxylic acid groups (broad SMARTS) is 1. The third-order valence-corrected chi connectivity index (χ3v) is 2.51. The lowest BCUT2D eigenvalue weighted by atomic mass is 10.1. The van der Waals surface area contributed by atoms with Gasteiger partial charge < -0.3 is 5.11 Å². The second-order valence-corrected chi connectivity index (χ2v) is 3.81. The van der Waals surface area contributed by atoms with E-state index in [-0.39, 0.29) is 4.90 Å². The Kier molecular flexibility index (Phi) is 4.51. The molecule has 1 rings (SSSR count). The van der Waals surface area contributed by atoms with Gasteiger partial charge in [0.05, 0.1) is 10.5 Å². The highest BCUT2D eigenvalue weighted by molar-refractivity contribution is 6.00. The van der Waals surface area contributed by atoms with Gasteiger partial charge in [-0.1, -0.05) is 0 Å². The van der Waals surface area contributed by atoms with Gasteiger partial charge in [-0.3, -0.25) is 19.8 Å². The average molecular weight is 306 g/mol. The first-order chi connectivity index (χ1) is 9.59. The van der Waals surface area contributed by atoms with Gasteiger partial charge in [0.25, 0.3) is 5.69 Å². The number of nitro groups is 1. The standard InChI is InChI=1S/C11H9F3N2O5/c1-2-15(10(19)11(12,13)14)7-4-3-6(9(17)18)5-8(7)16(20)21/h3-5H,2H2,1H3,(H,17,18). The lowest BCUT2D eigenvalue weighted by molar-refractivity contribution is -0.384. The molecule has 7 nitrogen and oxygen atoms in total. The van der Waals surface area contributed by atoms with E-state index < -0.39 is 46.5 Å². The van der Waals surface area contributed by atoms with Crippen molar-refractivity contribution in [1.82, 2.24) is 0 Å². The maximum Gasteiger partial charge on any atom is 0.471 e. The lowest BCUT2D eigenvalue weighted by Gasteiger charge is -2.22. The number of amides is 1. The summed E-state index contributed by atoms with van der Waals surface area (Å²) in [6.45, 7) is 0.740. The van der Waals surface area contributed by atoms with E-state index in [2.05, 4.69) is 0 Å². The number of hydrogen-bond donors (Lipinski definition) is 1. The summed E-state index contributed by atoms with van der Waals surface area (Å²) in [5, 5.41) is 19.6. The van der Waals surface area contributed by atoms with E-state index in [1.54, 1.807) is 0 Å². The molecule has 0 heterocycles. The Morgan fingerprint density at radius 1 is 1.38 bits per heavy atom. The Bertz CT molecular complexity index is 600. The van der Waals surface area contributed by atoms with Gasteiger partial charge >= 0.3 is 18.1 Å². The number of hydrogen-bond acceptors (Lipinski definition) is 4. The summed E-state index contributed by atoms with van der Waals surface area (Å²) in [7, 11) is 0. The van der Waals surface area contributed by atoms with Crippen molar-refractivity contribution in [3.63, 3.8) is 0 Å². The van der Waals surface area contributed by atoms with Crippen LogP contribution in [0.3, 0.4) is 0 Å². The molecule has 1 aromatic rings. The monoisotopic (exact) mass is 306 g/mol. The second-order valence-electron chi connectivity index (χ2n) is 3.81. The molecule has 0 atom stereocenters. The first-order valence-corrected chi connectivity index (χ1v) is 5.50. The van der Waals surface area contributed by atoms with Crippen molar-refractivity contribution in [2.45, 2.75) is 13.1 Å². The molecule has 1 amide bonds. The fourth-order valence-corrected chi connectivity index (χ4v) is 1.61. The Balaban J connectivity index is 3.43. The summed E-state index contributed by atoms with van der Waals surface area (Å²) in [5.41, 5.74) is -1.98. The SMILES string of the molecule is CCN(C(=O)C(F)(F)F)c1ccc(C(=O)O)cc1[N+](=O)[O-]. The van der Waals surface area contributed by atoms with E-state index in [1.807, 2.05) is 0 Å². The molecule has 0 aliphatic rings. The van der Waals surface area contributed by atoms with E-state index in [0.29, 0.717) is 6.07 Å². The van der Waals surface area contributed by atoms with Crippen LogP contribution in [0.1, 0.15) is 17.3 Å². The maximum absolute atomic E-state index is 12.5. The van der Waals surface area contributed by atoms with Crippen LogP contribution in [-0.2, 0) is 4.79 Å². The minimum atomic E-state index is -5.20. The molecule has 0 aliphatic carbocycles. The molecule has 0 saturated heterocycles. The molecule has 0 bridgehead atoms. The molecule has 0 unspecified atom stereocenters. The van der Waals surface area contributed by atoms with Crippen molar-refractivity contribution in [2.24, 2.45) is 0 Å². The lowest BCUT2D eigenvalue weighted by Crippen LogP contribution is -2.41. The van der Waals surface area contributed by atoms with Gasteiger partial charge in [0.1, 0.15) is 5.69 Å². The molecule has 1 N–H and O–H groups in total. The number of carbonyl (C=O) groups excluding carboxylic acids is 1. The number of aromatic carboxylic acids is 1. The van der Waals surface area contributed by atoms with Crippen LogP contribution in [0.2, 0.25) is 0 Å². The summed E-state index contributed by atoms with van der Waals surface area (Å²) in [4.78, 5) is 32.0. The molecule has 114 valence electrons. The third-order valence-electron chi connectivity index (χ3n) is 2.51. The highest BCUT2D eigenvalue weighted by Crippen LogP contribution is 2.32. The van der Waals surface area contributed by atoms with Crippen LogP contribution in [0.15, 0.2) is 18.2 Å². The van der Waals surface area contributed by atoms with Gasteiger partial charge in [-0.25, -0.2) is 4.79 Å². The van der Waals surface area contributed by atoms with E-state index in [1.165, 1.54) is 6.92 Å². The molecule has 0 saturated carbocycles. The average Bonchev–Trinajstić information content (AvgIpc) is 2.38. The molecule has 0 fully saturated rings. The summed E-state index contributed by atoms with van der Waals surface area (Å²) < 4.78 is 37.4. The first-order valence-electron chi connectivity index (χ1n) is 5.50. The molecule has 21 heavy (non-hydrogen) atoms. The van der Waals surface area contributed by atoms with Gasteiger partial charge in [0.15, 0.2) is 0 Å². The predicted octanol–water partition coefficient (Wildman–Crippen LogP) is 2.21. The number of carbonyl (C=O) groups is 2. The zero-order valence-electron chi connectivity index (χ0n) is 10.5. The number of anilines is 1. The summed E-state index contributed by atoms with van der Waals surface area (Å²) in [6.07, 6.45) is -5.20. The second kappa shape index (κ2) is 5.77. The molecular weight excluding hydrogens is 297 g/mol. The Morgan fingerprint density at radius 3 is 2.33 bits per heavy atom. The van der Waals surface area contributed by atoms with Gasteiger partial charge in [-0.15, -0.1) is 0 Å². The number of benzene rings is 1. The topological polar surface area (TPSA) is 101 Å². The van der Waals surface area contributed by atoms with Crippen LogP contribution < -0.4 is 4.90 Å². The Hall–Kier alpha value is -2.65. The van der Waals surface area contributed by atoms with Gasteiger partial charge in [0, 0.05) is 12.6 Å². The fourth-order valence-electron chi connectivity index (χ4n) is 1.61. The number of alkyl halides is 3. The molecule has 0 spiro atoms. The summed E-state index contributed by atoms with van der Waals surface area (Å²) >= 11 is 0. The van der Waals surface area contributed by atoms with E-state index >= 15 is 0 Å². The minimum Gasteiger partial charge on any atom is -0.478 e. The maximum atomic E-state index is 12.5. The minimum absolute atomic E-state index is 0.170. The number of halogens is 3. The highest BCUT2D eigenvalue weighted by Gasteiger charge is 2.44. The van der Waals surface area contributed by atoms with Gasteiger partial charge in [0.2, 0.25) is 0 Å². The van der Waals surface area contributed by atoms with Gasteiger partial charge in [-0.2, -0.15) is 13.2 Å². The van der Waals surface area contributed by atoms with E-state index in [0.717, 1.165) is 12.1 Å². The molecule has 0 aromatic heterocycles. The Labute approximate surface area is 115 Å². The number of nitrogens with zero attached hydrogens (tertiary/aromatic N) is 2. The molecule has 1 aromatic carbocycles. The van der Waals surface area contributed by atoms with Crippen molar-refractivity contribution in [3.8, 4) is 0 Å². The Morgan fingerprint density at radius 2 is 1.95 bits per heavy atom. The van der Waals surface area contributed by atoms with Crippen molar-refractivity contribution in [2.75, 3.05) is 11.4 Å². The van der Waals surface area contributed by atoms with Crippen LogP contribution in [-0.4, -0.2) is 34.6 Å². The zero-order chi connectivity index (χ0) is 16.4. The van der Waals surface area contributed by atoms with Crippen LogP contribution >= 0.6 is 0 Å².